The van der Waals surface area contributed by atoms with Crippen molar-refractivity contribution in [1.82, 2.24) is 9.38 Å². The van der Waals surface area contributed by atoms with Crippen LogP contribution in [0.15, 0.2) is 53.3 Å². The maximum atomic E-state index is 13.4. The maximum Gasteiger partial charge on any atom is 0.274 e. The Hall–Kier alpha value is -3.69. The molecule has 8 nitrogen and oxygen atoms in total. The molecule has 0 saturated carbocycles. The molecule has 0 spiro atoms. The summed E-state index contributed by atoms with van der Waals surface area (Å²) < 4.78 is 6.34. The molecule has 0 aliphatic carbocycles. The number of ether oxygens (including phenoxy) is 1. The van der Waals surface area contributed by atoms with Crippen molar-refractivity contribution in [2.45, 2.75) is 26.7 Å². The van der Waals surface area contributed by atoms with Crippen LogP contribution >= 0.6 is 22.9 Å². The summed E-state index contributed by atoms with van der Waals surface area (Å²) >= 11 is 7.02. The van der Waals surface area contributed by atoms with Crippen molar-refractivity contribution in [3.05, 3.63) is 85.7 Å². The van der Waals surface area contributed by atoms with Gasteiger partial charge in [0, 0.05) is 28.2 Å². The Morgan fingerprint density at radius 2 is 1.83 bits per heavy atom. The number of anilines is 2. The summed E-state index contributed by atoms with van der Waals surface area (Å²) in [5.74, 6) is -0.500. The minimum absolute atomic E-state index is 0.0728. The number of carbonyl (C=O) groups excluding carboxylic acids is 2. The molecule has 2 amide bonds. The number of nitrogens with zero attached hydrogens (tertiary/aromatic N) is 2. The van der Waals surface area contributed by atoms with E-state index in [1.807, 2.05) is 13.8 Å². The molecule has 0 radical (unpaired) electrons. The highest BCUT2D eigenvalue weighted by atomic mass is 35.5. The van der Waals surface area contributed by atoms with Crippen LogP contribution in [0.5, 0.6) is 5.75 Å². The highest BCUT2D eigenvalue weighted by Crippen LogP contribution is 2.26. The molecular formula is C25H23ClN4O4S. The number of rotatable bonds is 7. The predicted octanol–water partition coefficient (Wildman–Crippen LogP) is 5.18. The van der Waals surface area contributed by atoms with Gasteiger partial charge in [-0.15, -0.1) is 0 Å². The third-order valence-corrected chi connectivity index (χ3v) is 6.56. The second-order valence-electron chi connectivity index (χ2n) is 7.83. The fourth-order valence-electron chi connectivity index (χ4n) is 3.58. The Morgan fingerprint density at radius 3 is 2.49 bits per heavy atom. The van der Waals surface area contributed by atoms with E-state index in [4.69, 9.17) is 16.3 Å². The second-order valence-corrected chi connectivity index (χ2v) is 9.24. The molecule has 2 aromatic carbocycles. The van der Waals surface area contributed by atoms with Gasteiger partial charge in [0.2, 0.25) is 0 Å². The van der Waals surface area contributed by atoms with Crippen molar-refractivity contribution in [3.63, 3.8) is 0 Å². The van der Waals surface area contributed by atoms with E-state index in [-0.39, 0.29) is 15.5 Å². The number of aryl methyl sites for hydroxylation is 2. The first-order chi connectivity index (χ1) is 16.8. The smallest absolute Gasteiger partial charge is 0.274 e. The molecule has 0 bridgehead atoms. The van der Waals surface area contributed by atoms with Gasteiger partial charge in [0.15, 0.2) is 4.96 Å². The Bertz CT molecular complexity index is 1480. The molecule has 0 unspecified atom stereocenters. The van der Waals surface area contributed by atoms with Crippen molar-refractivity contribution in [1.29, 1.82) is 0 Å². The van der Waals surface area contributed by atoms with Gasteiger partial charge in [-0.1, -0.05) is 36.3 Å². The number of hydrogen-bond donors (Lipinski definition) is 2. The molecule has 0 aliphatic rings. The number of nitrogens with one attached hydrogen (secondary N) is 2. The highest BCUT2D eigenvalue weighted by Gasteiger charge is 2.27. The lowest BCUT2D eigenvalue weighted by molar-refractivity contribution is 0.0989. The normalized spacial score (nSPS) is 10.9. The van der Waals surface area contributed by atoms with E-state index in [1.165, 1.54) is 10.5 Å². The van der Waals surface area contributed by atoms with Crippen LogP contribution in [0.2, 0.25) is 5.02 Å². The van der Waals surface area contributed by atoms with E-state index in [0.717, 1.165) is 23.3 Å². The van der Waals surface area contributed by atoms with Gasteiger partial charge in [-0.05, 0) is 61.4 Å². The zero-order valence-corrected chi connectivity index (χ0v) is 20.9. The number of hydrogen-bond acceptors (Lipinski definition) is 6. The molecule has 180 valence electrons. The molecule has 35 heavy (non-hydrogen) atoms. The summed E-state index contributed by atoms with van der Waals surface area (Å²) in [4.78, 5) is 44.6. The Kier molecular flexibility index (Phi) is 7.18. The van der Waals surface area contributed by atoms with E-state index in [1.54, 1.807) is 49.6 Å². The van der Waals surface area contributed by atoms with Crippen molar-refractivity contribution in [3.8, 4) is 5.75 Å². The van der Waals surface area contributed by atoms with Crippen LogP contribution in [0.1, 0.15) is 44.8 Å². The van der Waals surface area contributed by atoms with Crippen LogP contribution in [0.4, 0.5) is 11.4 Å². The first-order valence-electron chi connectivity index (χ1n) is 10.9. The number of fused-ring (bicyclic) bond motifs is 1. The van der Waals surface area contributed by atoms with Crippen LogP contribution in [0, 0.1) is 6.92 Å². The van der Waals surface area contributed by atoms with Crippen molar-refractivity contribution < 1.29 is 14.3 Å². The monoisotopic (exact) mass is 510 g/mol. The lowest BCUT2D eigenvalue weighted by atomic mass is 10.2. The second kappa shape index (κ2) is 10.3. The van der Waals surface area contributed by atoms with Gasteiger partial charge in [0.05, 0.1) is 7.11 Å². The minimum Gasteiger partial charge on any atom is -0.497 e. The summed E-state index contributed by atoms with van der Waals surface area (Å²) in [5, 5.41) is 6.12. The van der Waals surface area contributed by atoms with E-state index in [2.05, 4.69) is 15.6 Å². The molecule has 0 fully saturated rings. The molecule has 2 heterocycles. The topological polar surface area (TPSA) is 102 Å². The van der Waals surface area contributed by atoms with Gasteiger partial charge in [0.25, 0.3) is 17.4 Å². The van der Waals surface area contributed by atoms with Crippen molar-refractivity contribution >= 4 is 51.1 Å². The predicted molar refractivity (Wildman–Crippen MR) is 138 cm³/mol. The van der Waals surface area contributed by atoms with Crippen molar-refractivity contribution in [2.24, 2.45) is 0 Å². The number of benzene rings is 2. The number of thiazole rings is 1. The van der Waals surface area contributed by atoms with Crippen LogP contribution in [-0.2, 0) is 6.42 Å². The van der Waals surface area contributed by atoms with E-state index in [0.29, 0.717) is 34.3 Å². The Morgan fingerprint density at radius 1 is 1.09 bits per heavy atom. The van der Waals surface area contributed by atoms with Crippen LogP contribution in [0.3, 0.4) is 0 Å². The Balaban J connectivity index is 1.79. The van der Waals surface area contributed by atoms with Gasteiger partial charge >= 0.3 is 0 Å². The van der Waals surface area contributed by atoms with Gasteiger partial charge in [-0.2, -0.15) is 0 Å². The Labute approximate surface area is 210 Å². The molecule has 4 aromatic rings. The number of amides is 2. The average Bonchev–Trinajstić information content (AvgIpc) is 3.22. The molecular weight excluding hydrogens is 488 g/mol. The first kappa shape index (κ1) is 24.4. The van der Waals surface area contributed by atoms with Gasteiger partial charge in [-0.3, -0.25) is 14.4 Å². The molecule has 0 aliphatic heterocycles. The SMILES string of the molecule is CCCc1cc(=O)n2c(C(=O)Nc3ccc(OC)cc3)c(C(=O)Nc3ccc(Cl)cc3C)sc2n1. The number of aromatic nitrogens is 2. The minimum atomic E-state index is -0.605. The molecule has 0 atom stereocenters. The van der Waals surface area contributed by atoms with Gasteiger partial charge in [-0.25, -0.2) is 9.38 Å². The lowest BCUT2D eigenvalue weighted by Gasteiger charge is -2.10. The summed E-state index contributed by atoms with van der Waals surface area (Å²) in [6.07, 6.45) is 1.42. The number of halogens is 1. The third kappa shape index (κ3) is 5.21. The fraction of sp³-hybridized carbons (Fsp3) is 0.200. The van der Waals surface area contributed by atoms with E-state index >= 15 is 0 Å². The fourth-order valence-corrected chi connectivity index (χ4v) is 4.84. The van der Waals surface area contributed by atoms with Gasteiger partial charge < -0.3 is 15.4 Å². The summed E-state index contributed by atoms with van der Waals surface area (Å²) in [6, 6.07) is 13.2. The largest absolute Gasteiger partial charge is 0.497 e. The average molecular weight is 511 g/mol. The zero-order chi connectivity index (χ0) is 25.1. The number of methoxy groups -OCH3 is 1. The number of carbonyl (C=O) groups is 2. The zero-order valence-electron chi connectivity index (χ0n) is 19.3. The van der Waals surface area contributed by atoms with Gasteiger partial charge in [0.1, 0.15) is 16.3 Å². The first-order valence-corrected chi connectivity index (χ1v) is 12.1. The standard InChI is InChI=1S/C25H23ClN4O4S/c1-4-5-17-13-20(31)30-21(23(32)27-16-7-9-18(34-3)10-8-16)22(35-25(30)28-17)24(33)29-19-11-6-15(26)12-14(19)2/h6-13H,4-5H2,1-3H3,(H,27,32)(H,29,33). The van der Waals surface area contributed by atoms with E-state index in [9.17, 15) is 14.4 Å². The molecule has 0 saturated heterocycles. The third-order valence-electron chi connectivity index (χ3n) is 5.29. The lowest BCUT2D eigenvalue weighted by Crippen LogP contribution is -2.25. The van der Waals surface area contributed by atoms with Crippen LogP contribution < -0.4 is 20.9 Å². The highest BCUT2D eigenvalue weighted by molar-refractivity contribution is 7.19. The quantitative estimate of drug-likeness (QED) is 0.356. The molecule has 2 aromatic heterocycles. The van der Waals surface area contributed by atoms with Crippen molar-refractivity contribution in [2.75, 3.05) is 17.7 Å². The van der Waals surface area contributed by atoms with Crippen LogP contribution in [-0.4, -0.2) is 28.3 Å². The van der Waals surface area contributed by atoms with Crippen LogP contribution in [0.25, 0.3) is 4.96 Å². The molecule has 4 rings (SSSR count). The summed E-state index contributed by atoms with van der Waals surface area (Å²) in [5.41, 5.74) is 1.91. The molecule has 2 N–H and O–H groups in total. The maximum absolute atomic E-state index is 13.4. The summed E-state index contributed by atoms with van der Waals surface area (Å²) in [6.45, 7) is 3.80. The molecule has 10 heteroatoms. The summed E-state index contributed by atoms with van der Waals surface area (Å²) in [7, 11) is 1.55. The van der Waals surface area contributed by atoms with E-state index < -0.39 is 17.4 Å².